The second-order valence-electron chi connectivity index (χ2n) is 10.9. The molecule has 1 saturated carbocycles. The second kappa shape index (κ2) is 12.5. The Bertz CT molecular complexity index is 1790. The van der Waals surface area contributed by atoms with E-state index in [0.717, 1.165) is 35.6 Å². The van der Waals surface area contributed by atoms with Gasteiger partial charge in [-0.25, -0.2) is 13.8 Å². The molecule has 3 N–H and O–H groups in total. The lowest BCUT2D eigenvalue weighted by atomic mass is 9.98. The highest BCUT2D eigenvalue weighted by Gasteiger charge is 2.44. The number of hydrogen-bond donors (Lipinski definition) is 3. The minimum absolute atomic E-state index is 0.00672. The molecule has 44 heavy (non-hydrogen) atoms. The highest BCUT2D eigenvalue weighted by atomic mass is 32.1. The topological polar surface area (TPSA) is 79.2 Å². The molecule has 2 atom stereocenters. The summed E-state index contributed by atoms with van der Waals surface area (Å²) in [7, 11) is 0. The molecule has 3 aromatic carbocycles. The lowest BCUT2D eigenvalue weighted by molar-refractivity contribution is 0.0826. The van der Waals surface area contributed by atoms with Crippen molar-refractivity contribution in [1.82, 2.24) is 20.2 Å². The van der Waals surface area contributed by atoms with Crippen molar-refractivity contribution in [1.29, 1.82) is 0 Å². The smallest absolute Gasteiger partial charge is 0.264 e. The van der Waals surface area contributed by atoms with E-state index in [1.807, 2.05) is 83.7 Å². The highest BCUT2D eigenvalue weighted by molar-refractivity contribution is 7.16. The van der Waals surface area contributed by atoms with E-state index in [2.05, 4.69) is 16.6 Å². The minimum atomic E-state index is -1.09. The number of terminal acetylenes is 1. The monoisotopic (exact) mass is 608 g/mol. The maximum atomic E-state index is 14.1. The van der Waals surface area contributed by atoms with Crippen LogP contribution in [0, 0.1) is 24.0 Å². The molecule has 1 aliphatic rings. The summed E-state index contributed by atoms with van der Waals surface area (Å²) in [5.74, 6) is 0.761. The average Bonchev–Trinajstić information content (AvgIpc) is 3.39. The van der Waals surface area contributed by atoms with E-state index in [1.54, 1.807) is 0 Å². The number of hydrogen-bond acceptors (Lipinski definition) is 5. The van der Waals surface area contributed by atoms with Gasteiger partial charge < -0.3 is 20.3 Å². The number of aromatic nitrogens is 2. The Morgan fingerprint density at radius 1 is 1.02 bits per heavy atom. The van der Waals surface area contributed by atoms with Crippen molar-refractivity contribution in [2.75, 3.05) is 6.54 Å². The maximum absolute atomic E-state index is 14.1. The van der Waals surface area contributed by atoms with E-state index in [-0.39, 0.29) is 18.5 Å². The number of carbonyl (C=O) groups excluding carboxylic acids is 1. The zero-order valence-corrected chi connectivity index (χ0v) is 24.5. The number of thiazole rings is 1. The summed E-state index contributed by atoms with van der Waals surface area (Å²) in [4.78, 5) is 19.0. The van der Waals surface area contributed by atoms with Gasteiger partial charge in [0.05, 0.1) is 17.8 Å². The molecule has 9 heteroatoms. The number of aliphatic hydroxyl groups is 1. The molecule has 1 amide bonds. The van der Waals surface area contributed by atoms with Gasteiger partial charge in [-0.3, -0.25) is 4.79 Å². The number of halogens is 2. The van der Waals surface area contributed by atoms with Crippen molar-refractivity contribution in [3.63, 3.8) is 0 Å². The molecule has 0 spiro atoms. The first-order valence-electron chi connectivity index (χ1n) is 14.3. The van der Waals surface area contributed by atoms with Gasteiger partial charge in [-0.2, -0.15) is 0 Å². The SMILES string of the molecule is C#Cc1cccc(C2(NCC(O)C(Cc3cc(F)cc(F)c3)NC(=O)c3sc(-n4cccc4)nc3-c3ccccc3)CC2)c1. The third-order valence-corrected chi connectivity index (χ3v) is 8.90. The molecule has 2 aromatic heterocycles. The van der Waals surface area contributed by atoms with Crippen LogP contribution in [0.4, 0.5) is 8.78 Å². The first-order valence-corrected chi connectivity index (χ1v) is 15.1. The zero-order chi connectivity index (χ0) is 30.7. The van der Waals surface area contributed by atoms with Crippen LogP contribution >= 0.6 is 11.3 Å². The van der Waals surface area contributed by atoms with Crippen molar-refractivity contribution in [2.24, 2.45) is 0 Å². The van der Waals surface area contributed by atoms with Gasteiger partial charge in [-0.05, 0) is 66.8 Å². The molecule has 2 heterocycles. The third-order valence-electron chi connectivity index (χ3n) is 7.83. The van der Waals surface area contributed by atoms with Crippen molar-refractivity contribution in [3.8, 4) is 28.7 Å². The molecule has 222 valence electrons. The molecule has 1 aliphatic carbocycles. The Labute approximate surface area is 258 Å². The van der Waals surface area contributed by atoms with Gasteiger partial charge in [0.25, 0.3) is 5.91 Å². The van der Waals surface area contributed by atoms with E-state index >= 15 is 0 Å². The second-order valence-corrected chi connectivity index (χ2v) is 11.9. The lowest BCUT2D eigenvalue weighted by Gasteiger charge is -2.27. The lowest BCUT2D eigenvalue weighted by Crippen LogP contribution is -2.50. The fraction of sp³-hybridized carbons (Fsp3) is 0.200. The van der Waals surface area contributed by atoms with Gasteiger partial charge >= 0.3 is 0 Å². The standard InChI is InChI=1S/C35H30F2N4O2S/c1-2-23-9-8-12-26(17-23)35(13-14-35)38-22-30(42)29(20-24-18-27(36)21-28(37)19-24)39-33(43)32-31(25-10-4-3-5-11-25)40-34(44-32)41-15-6-7-16-41/h1,3-12,15-19,21,29-30,38,42H,13-14,20,22H2,(H,39,43). The van der Waals surface area contributed by atoms with E-state index < -0.39 is 29.7 Å². The normalized spacial score (nSPS) is 14.9. The largest absolute Gasteiger partial charge is 0.390 e. The van der Waals surface area contributed by atoms with Crippen LogP contribution in [0.1, 0.15) is 39.2 Å². The average molecular weight is 609 g/mol. The fourth-order valence-corrected chi connectivity index (χ4v) is 6.33. The molecule has 0 radical (unpaired) electrons. The van der Waals surface area contributed by atoms with Gasteiger partial charge in [0.1, 0.15) is 16.5 Å². The quantitative estimate of drug-likeness (QED) is 0.165. The van der Waals surface area contributed by atoms with E-state index in [4.69, 9.17) is 11.4 Å². The van der Waals surface area contributed by atoms with Gasteiger partial charge in [0.2, 0.25) is 0 Å². The molecule has 0 aliphatic heterocycles. The van der Waals surface area contributed by atoms with Crippen molar-refractivity contribution >= 4 is 17.2 Å². The molecule has 6 nitrogen and oxygen atoms in total. The molecular formula is C35H30F2N4O2S. The van der Waals surface area contributed by atoms with Crippen LogP contribution in [0.2, 0.25) is 0 Å². The van der Waals surface area contributed by atoms with Crippen molar-refractivity contribution in [2.45, 2.75) is 36.9 Å². The first kappa shape index (κ1) is 29.5. The van der Waals surface area contributed by atoms with Crippen LogP contribution in [-0.2, 0) is 12.0 Å². The Kier molecular flexibility index (Phi) is 8.40. The number of rotatable bonds is 11. The number of carbonyl (C=O) groups is 1. The highest BCUT2D eigenvalue weighted by Crippen LogP contribution is 2.45. The van der Waals surface area contributed by atoms with Crippen LogP contribution in [0.25, 0.3) is 16.4 Å². The number of amides is 1. The van der Waals surface area contributed by atoms with Crippen molar-refractivity contribution in [3.05, 3.63) is 131 Å². The summed E-state index contributed by atoms with van der Waals surface area (Å²) in [5.41, 5.74) is 3.05. The molecule has 2 unspecified atom stereocenters. The van der Waals surface area contributed by atoms with Crippen LogP contribution in [0.15, 0.2) is 97.3 Å². The predicted molar refractivity (Wildman–Crippen MR) is 167 cm³/mol. The summed E-state index contributed by atoms with van der Waals surface area (Å²) in [6.07, 6.45) is 9.94. The summed E-state index contributed by atoms with van der Waals surface area (Å²) < 4.78 is 30.1. The molecule has 5 aromatic rings. The van der Waals surface area contributed by atoms with E-state index in [9.17, 15) is 18.7 Å². The van der Waals surface area contributed by atoms with Crippen LogP contribution in [0.3, 0.4) is 0 Å². The first-order chi connectivity index (χ1) is 21.3. The van der Waals surface area contributed by atoms with Crippen LogP contribution < -0.4 is 10.6 Å². The van der Waals surface area contributed by atoms with E-state index in [0.29, 0.717) is 21.3 Å². The minimum Gasteiger partial charge on any atom is -0.390 e. The summed E-state index contributed by atoms with van der Waals surface area (Å²) in [6.45, 7) is 0.131. The molecule has 1 fully saturated rings. The van der Waals surface area contributed by atoms with Crippen LogP contribution in [0.5, 0.6) is 0 Å². The van der Waals surface area contributed by atoms with Gasteiger partial charge in [-0.15, -0.1) is 6.42 Å². The summed E-state index contributed by atoms with van der Waals surface area (Å²) in [6, 6.07) is 23.2. The molecule has 0 bridgehead atoms. The molecule has 6 rings (SSSR count). The van der Waals surface area contributed by atoms with E-state index in [1.165, 1.54) is 23.5 Å². The summed E-state index contributed by atoms with van der Waals surface area (Å²) >= 11 is 1.22. The molecule has 0 saturated heterocycles. The van der Waals surface area contributed by atoms with Gasteiger partial charge in [-0.1, -0.05) is 59.7 Å². The predicted octanol–water partition coefficient (Wildman–Crippen LogP) is 5.84. The number of aliphatic hydroxyl groups excluding tert-OH is 1. The van der Waals surface area contributed by atoms with Gasteiger partial charge in [0, 0.05) is 41.7 Å². The zero-order valence-electron chi connectivity index (χ0n) is 23.7. The number of nitrogens with one attached hydrogen (secondary N) is 2. The van der Waals surface area contributed by atoms with Crippen molar-refractivity contribution < 1.29 is 18.7 Å². The summed E-state index contributed by atoms with van der Waals surface area (Å²) in [5, 5.41) is 18.5. The number of benzene rings is 3. The van der Waals surface area contributed by atoms with Gasteiger partial charge in [0.15, 0.2) is 5.13 Å². The Hall–Kier alpha value is -4.62. The molecular weight excluding hydrogens is 578 g/mol. The Balaban J connectivity index is 1.28. The third kappa shape index (κ3) is 6.48. The Morgan fingerprint density at radius 3 is 2.43 bits per heavy atom. The maximum Gasteiger partial charge on any atom is 0.264 e. The van der Waals surface area contributed by atoms with Crippen LogP contribution in [-0.4, -0.2) is 39.3 Å². The fourth-order valence-electron chi connectivity index (χ4n) is 5.37. The number of nitrogens with zero attached hydrogens (tertiary/aromatic N) is 2. The Morgan fingerprint density at radius 2 is 1.75 bits per heavy atom.